The first-order chi connectivity index (χ1) is 12.9. The van der Waals surface area contributed by atoms with E-state index in [1.165, 1.54) is 49.6 Å². The average molecular weight is 346 g/mol. The van der Waals surface area contributed by atoms with E-state index in [9.17, 15) is 0 Å². The number of aromatic nitrogens is 4. The number of hydrogen-bond acceptors (Lipinski definition) is 2. The van der Waals surface area contributed by atoms with Crippen LogP contribution in [0.3, 0.4) is 0 Å². The second-order valence-corrected chi connectivity index (χ2v) is 6.97. The summed E-state index contributed by atoms with van der Waals surface area (Å²) in [6.07, 6.45) is 11.6. The van der Waals surface area contributed by atoms with Crippen molar-refractivity contribution in [1.29, 1.82) is 0 Å². The molecule has 4 rings (SSSR count). The van der Waals surface area contributed by atoms with Crippen LogP contribution >= 0.6 is 0 Å². The number of hydrogen-bond donors (Lipinski definition) is 0. The molecular formula is C22H26N4. The van der Waals surface area contributed by atoms with E-state index in [1.54, 1.807) is 0 Å². The zero-order chi connectivity index (χ0) is 17.6. The maximum atomic E-state index is 4.46. The average Bonchev–Trinajstić information content (AvgIpc) is 3.28. The fourth-order valence-electron chi connectivity index (χ4n) is 3.65. The second kappa shape index (κ2) is 8.17. The first kappa shape index (κ1) is 16.8. The Balaban J connectivity index is 1.13. The van der Waals surface area contributed by atoms with E-state index < -0.39 is 0 Å². The smallest absolute Gasteiger partial charge is 0.0958 e. The topological polar surface area (TPSA) is 35.6 Å². The number of rotatable bonds is 9. The van der Waals surface area contributed by atoms with Gasteiger partial charge in [0.25, 0.3) is 0 Å². The van der Waals surface area contributed by atoms with Crippen LogP contribution in [-0.2, 0) is 13.1 Å². The Bertz CT molecular complexity index is 886. The Labute approximate surface area is 154 Å². The van der Waals surface area contributed by atoms with Crippen molar-refractivity contribution in [2.45, 2.75) is 51.6 Å². The number of nitrogens with zero attached hydrogens (tertiary/aromatic N) is 4. The van der Waals surface area contributed by atoms with E-state index >= 15 is 0 Å². The summed E-state index contributed by atoms with van der Waals surface area (Å²) in [5.41, 5.74) is 4.69. The number of fused-ring (bicyclic) bond motifs is 2. The molecule has 0 aliphatic heterocycles. The Morgan fingerprint density at radius 3 is 1.46 bits per heavy atom. The lowest BCUT2D eigenvalue weighted by Crippen LogP contribution is -1.97. The van der Waals surface area contributed by atoms with Crippen LogP contribution < -0.4 is 0 Å². The maximum absolute atomic E-state index is 4.46. The van der Waals surface area contributed by atoms with Crippen molar-refractivity contribution in [3.05, 3.63) is 61.2 Å². The highest BCUT2D eigenvalue weighted by molar-refractivity contribution is 5.75. The molecule has 0 amide bonds. The van der Waals surface area contributed by atoms with E-state index in [0.717, 1.165) is 24.1 Å². The van der Waals surface area contributed by atoms with Gasteiger partial charge in [0.15, 0.2) is 0 Å². The first-order valence-corrected chi connectivity index (χ1v) is 9.71. The van der Waals surface area contributed by atoms with Crippen molar-refractivity contribution in [3.8, 4) is 0 Å². The summed E-state index contributed by atoms with van der Waals surface area (Å²) in [7, 11) is 0. The third-order valence-corrected chi connectivity index (χ3v) is 5.10. The van der Waals surface area contributed by atoms with Crippen molar-refractivity contribution in [2.24, 2.45) is 0 Å². The number of imidazole rings is 2. The van der Waals surface area contributed by atoms with Gasteiger partial charge in [0.1, 0.15) is 0 Å². The minimum absolute atomic E-state index is 1.07. The van der Waals surface area contributed by atoms with Gasteiger partial charge >= 0.3 is 0 Å². The quantitative estimate of drug-likeness (QED) is 0.379. The van der Waals surface area contributed by atoms with Crippen LogP contribution in [0.15, 0.2) is 61.2 Å². The normalized spacial score (nSPS) is 11.5. The molecule has 4 heteroatoms. The van der Waals surface area contributed by atoms with Gasteiger partial charge in [-0.05, 0) is 37.1 Å². The van der Waals surface area contributed by atoms with Gasteiger partial charge in [0.2, 0.25) is 0 Å². The van der Waals surface area contributed by atoms with Gasteiger partial charge in [-0.1, -0.05) is 49.9 Å². The zero-order valence-electron chi connectivity index (χ0n) is 15.2. The van der Waals surface area contributed by atoms with Gasteiger partial charge in [-0.3, -0.25) is 0 Å². The molecule has 0 aliphatic rings. The van der Waals surface area contributed by atoms with Crippen molar-refractivity contribution < 1.29 is 0 Å². The molecule has 0 N–H and O–H groups in total. The summed E-state index contributed by atoms with van der Waals surface area (Å²) in [6.45, 7) is 2.14. The molecule has 2 aromatic heterocycles. The van der Waals surface area contributed by atoms with Crippen LogP contribution in [0.1, 0.15) is 38.5 Å². The second-order valence-electron chi connectivity index (χ2n) is 6.97. The molecule has 0 aliphatic carbocycles. The SMILES string of the molecule is c1ccc2c(c1)ncn2CCCCCCCCn1cnc2ccccc21. The monoisotopic (exact) mass is 346 g/mol. The third-order valence-electron chi connectivity index (χ3n) is 5.10. The first-order valence-electron chi connectivity index (χ1n) is 9.71. The van der Waals surface area contributed by atoms with Crippen LogP contribution in [0.25, 0.3) is 22.1 Å². The van der Waals surface area contributed by atoms with Crippen LogP contribution in [-0.4, -0.2) is 19.1 Å². The van der Waals surface area contributed by atoms with Gasteiger partial charge in [-0.15, -0.1) is 0 Å². The fourth-order valence-corrected chi connectivity index (χ4v) is 3.65. The molecule has 0 fully saturated rings. The number of para-hydroxylation sites is 4. The van der Waals surface area contributed by atoms with Gasteiger partial charge in [0, 0.05) is 13.1 Å². The van der Waals surface area contributed by atoms with Crippen molar-refractivity contribution in [3.63, 3.8) is 0 Å². The molecule has 0 radical (unpaired) electrons. The minimum Gasteiger partial charge on any atom is -0.331 e. The molecule has 0 bridgehead atoms. The van der Waals surface area contributed by atoms with E-state index in [4.69, 9.17) is 0 Å². The van der Waals surface area contributed by atoms with Crippen molar-refractivity contribution in [1.82, 2.24) is 19.1 Å². The standard InChI is InChI=1S/C22H26N4/c1(3-9-15-25-17-23-19-11-5-7-13-21(19)25)2-4-10-16-26-18-24-20-12-6-8-14-22(20)26/h5-8,11-14,17-18H,1-4,9-10,15-16H2. The van der Waals surface area contributed by atoms with Crippen molar-refractivity contribution in [2.75, 3.05) is 0 Å². The molecule has 0 saturated carbocycles. The Hall–Kier alpha value is -2.62. The van der Waals surface area contributed by atoms with Crippen LogP contribution in [0.5, 0.6) is 0 Å². The van der Waals surface area contributed by atoms with E-state index in [2.05, 4.69) is 55.5 Å². The molecule has 0 unspecified atom stereocenters. The summed E-state index contributed by atoms with van der Waals surface area (Å²) in [4.78, 5) is 8.92. The molecule has 0 saturated heterocycles. The fraction of sp³-hybridized carbons (Fsp3) is 0.364. The minimum atomic E-state index is 1.07. The highest BCUT2D eigenvalue weighted by atomic mass is 15.0. The number of aryl methyl sites for hydroxylation is 2. The van der Waals surface area contributed by atoms with Gasteiger partial charge in [-0.25, -0.2) is 9.97 Å². The zero-order valence-corrected chi connectivity index (χ0v) is 15.2. The van der Waals surface area contributed by atoms with Crippen LogP contribution in [0.4, 0.5) is 0 Å². The largest absolute Gasteiger partial charge is 0.331 e. The lowest BCUT2D eigenvalue weighted by Gasteiger charge is -2.06. The summed E-state index contributed by atoms with van der Waals surface area (Å²) < 4.78 is 4.55. The summed E-state index contributed by atoms with van der Waals surface area (Å²) in [5.74, 6) is 0. The molecule has 4 aromatic rings. The highest BCUT2D eigenvalue weighted by Crippen LogP contribution is 2.15. The highest BCUT2D eigenvalue weighted by Gasteiger charge is 2.02. The molecule has 2 heterocycles. The predicted octanol–water partition coefficient (Wildman–Crippen LogP) is 5.43. The molecular weight excluding hydrogens is 320 g/mol. The van der Waals surface area contributed by atoms with Crippen molar-refractivity contribution >= 4 is 22.1 Å². The summed E-state index contributed by atoms with van der Waals surface area (Å²) in [6, 6.07) is 16.7. The number of unbranched alkanes of at least 4 members (excludes halogenated alkanes) is 5. The van der Waals surface area contributed by atoms with Crippen LogP contribution in [0.2, 0.25) is 0 Å². The Morgan fingerprint density at radius 1 is 0.538 bits per heavy atom. The molecule has 2 aromatic carbocycles. The van der Waals surface area contributed by atoms with Crippen LogP contribution in [0, 0.1) is 0 Å². The predicted molar refractivity (Wildman–Crippen MR) is 107 cm³/mol. The molecule has 0 spiro atoms. The molecule has 26 heavy (non-hydrogen) atoms. The lowest BCUT2D eigenvalue weighted by atomic mass is 10.1. The Morgan fingerprint density at radius 2 is 0.962 bits per heavy atom. The summed E-state index contributed by atoms with van der Waals surface area (Å²) >= 11 is 0. The van der Waals surface area contributed by atoms with Gasteiger partial charge in [0.05, 0.1) is 34.7 Å². The summed E-state index contributed by atoms with van der Waals surface area (Å²) in [5, 5.41) is 0. The van der Waals surface area contributed by atoms with Gasteiger partial charge < -0.3 is 9.13 Å². The van der Waals surface area contributed by atoms with Gasteiger partial charge in [-0.2, -0.15) is 0 Å². The van der Waals surface area contributed by atoms with E-state index in [0.29, 0.717) is 0 Å². The molecule has 0 atom stereocenters. The van der Waals surface area contributed by atoms with E-state index in [1.807, 2.05) is 24.8 Å². The van der Waals surface area contributed by atoms with E-state index in [-0.39, 0.29) is 0 Å². The number of benzene rings is 2. The third kappa shape index (κ3) is 3.79. The lowest BCUT2D eigenvalue weighted by molar-refractivity contribution is 0.537. The molecule has 134 valence electrons. The Kier molecular flexibility index (Phi) is 5.29. The maximum Gasteiger partial charge on any atom is 0.0958 e. The molecule has 4 nitrogen and oxygen atoms in total.